The van der Waals surface area contributed by atoms with Gasteiger partial charge in [0.25, 0.3) is 6.43 Å². The molecule has 0 aliphatic carbocycles. The molecule has 72 valence electrons. The van der Waals surface area contributed by atoms with E-state index in [0.717, 1.165) is 6.07 Å². The second-order valence-corrected chi connectivity index (χ2v) is 2.28. The summed E-state index contributed by atoms with van der Waals surface area (Å²) in [7, 11) is 1.24. The lowest BCUT2D eigenvalue weighted by molar-refractivity contribution is 0.145. The van der Waals surface area contributed by atoms with Crippen LogP contribution in [-0.4, -0.2) is 17.2 Å². The number of ether oxygens (including phenoxy) is 1. The Kier molecular flexibility index (Phi) is 2.50. The molecule has 0 spiro atoms. The van der Waals surface area contributed by atoms with Crippen molar-refractivity contribution in [1.29, 1.82) is 0 Å². The number of aromatic nitrogens is 1. The second kappa shape index (κ2) is 3.42. The van der Waals surface area contributed by atoms with Crippen LogP contribution in [0.25, 0.3) is 0 Å². The molecular weight excluding hydrogens is 182 g/mol. The standard InChI is InChI=1S/C7H8F2N2O2/c1-13-4-2-3(6(8)9)11-7(10)5(4)12/h2,6,12H,1H3,(H2,10,11). The van der Waals surface area contributed by atoms with Gasteiger partial charge in [-0.05, 0) is 0 Å². The molecule has 0 fully saturated rings. The highest BCUT2D eigenvalue weighted by Gasteiger charge is 2.15. The molecule has 4 nitrogen and oxygen atoms in total. The summed E-state index contributed by atoms with van der Waals surface area (Å²) in [4.78, 5) is 3.28. The summed E-state index contributed by atoms with van der Waals surface area (Å²) in [5, 5.41) is 9.15. The van der Waals surface area contributed by atoms with E-state index in [9.17, 15) is 8.78 Å². The van der Waals surface area contributed by atoms with Gasteiger partial charge in [0.1, 0.15) is 5.69 Å². The first-order valence-electron chi connectivity index (χ1n) is 3.37. The molecule has 1 aromatic rings. The Hall–Kier alpha value is -1.59. The molecule has 1 heterocycles. The summed E-state index contributed by atoms with van der Waals surface area (Å²) >= 11 is 0. The number of nitrogens with zero attached hydrogens (tertiary/aromatic N) is 1. The first-order valence-corrected chi connectivity index (χ1v) is 3.37. The Bertz CT molecular complexity index is 318. The van der Waals surface area contributed by atoms with Crippen molar-refractivity contribution in [2.45, 2.75) is 6.43 Å². The topological polar surface area (TPSA) is 68.4 Å². The van der Waals surface area contributed by atoms with E-state index < -0.39 is 17.9 Å². The van der Waals surface area contributed by atoms with Gasteiger partial charge in [0, 0.05) is 6.07 Å². The van der Waals surface area contributed by atoms with Crippen molar-refractivity contribution < 1.29 is 18.6 Å². The van der Waals surface area contributed by atoms with E-state index in [2.05, 4.69) is 9.72 Å². The maximum Gasteiger partial charge on any atom is 0.280 e. The minimum absolute atomic E-state index is 0.109. The van der Waals surface area contributed by atoms with Gasteiger partial charge in [-0.15, -0.1) is 0 Å². The summed E-state index contributed by atoms with van der Waals surface area (Å²) in [5.41, 5.74) is 4.64. The SMILES string of the molecule is COc1cc(C(F)F)nc(N)c1O. The number of pyridine rings is 1. The fourth-order valence-corrected chi connectivity index (χ4v) is 0.821. The summed E-state index contributed by atoms with van der Waals surface area (Å²) in [5.74, 6) is -0.899. The van der Waals surface area contributed by atoms with E-state index in [0.29, 0.717) is 0 Å². The number of hydrogen-bond acceptors (Lipinski definition) is 4. The van der Waals surface area contributed by atoms with Crippen molar-refractivity contribution in [2.75, 3.05) is 12.8 Å². The predicted octanol–water partition coefficient (Wildman–Crippen LogP) is 1.32. The van der Waals surface area contributed by atoms with Gasteiger partial charge in [-0.2, -0.15) is 0 Å². The number of nitrogens with two attached hydrogens (primary N) is 1. The Morgan fingerprint density at radius 2 is 2.23 bits per heavy atom. The Balaban J connectivity index is 3.22. The number of nitrogen functional groups attached to an aromatic ring is 1. The zero-order valence-electron chi connectivity index (χ0n) is 6.79. The van der Waals surface area contributed by atoms with Gasteiger partial charge in [0.15, 0.2) is 11.6 Å². The molecule has 6 heteroatoms. The largest absolute Gasteiger partial charge is 0.502 e. The molecule has 0 saturated carbocycles. The van der Waals surface area contributed by atoms with Gasteiger partial charge >= 0.3 is 0 Å². The molecule has 0 unspecified atom stereocenters. The molecule has 0 saturated heterocycles. The molecule has 0 aromatic carbocycles. The van der Waals surface area contributed by atoms with Crippen LogP contribution in [-0.2, 0) is 0 Å². The molecule has 0 bridgehead atoms. The maximum absolute atomic E-state index is 12.1. The van der Waals surface area contributed by atoms with Crippen molar-refractivity contribution in [2.24, 2.45) is 0 Å². The van der Waals surface area contributed by atoms with E-state index in [1.54, 1.807) is 0 Å². The highest BCUT2D eigenvalue weighted by molar-refractivity contribution is 5.55. The molecule has 0 amide bonds. The van der Waals surface area contributed by atoms with Crippen LogP contribution < -0.4 is 10.5 Å². The van der Waals surface area contributed by atoms with Crippen LogP contribution in [0.3, 0.4) is 0 Å². The van der Waals surface area contributed by atoms with Gasteiger partial charge in [-0.25, -0.2) is 13.8 Å². The summed E-state index contributed by atoms with van der Waals surface area (Å²) in [6.07, 6.45) is -2.74. The van der Waals surface area contributed by atoms with E-state index in [4.69, 9.17) is 10.8 Å². The van der Waals surface area contributed by atoms with E-state index in [1.165, 1.54) is 7.11 Å². The van der Waals surface area contributed by atoms with Gasteiger partial charge in [0.05, 0.1) is 7.11 Å². The average molecular weight is 190 g/mol. The number of rotatable bonds is 2. The molecule has 13 heavy (non-hydrogen) atoms. The van der Waals surface area contributed by atoms with Crippen molar-refractivity contribution in [1.82, 2.24) is 4.98 Å². The van der Waals surface area contributed by atoms with Gasteiger partial charge < -0.3 is 15.6 Å². The average Bonchev–Trinajstić information content (AvgIpc) is 2.09. The molecule has 3 N–H and O–H groups in total. The smallest absolute Gasteiger partial charge is 0.280 e. The summed E-state index contributed by atoms with van der Waals surface area (Å²) in [6, 6.07) is 0.941. The summed E-state index contributed by atoms with van der Waals surface area (Å²) < 4.78 is 28.9. The van der Waals surface area contributed by atoms with Crippen molar-refractivity contribution in [3.05, 3.63) is 11.8 Å². The van der Waals surface area contributed by atoms with Crippen LogP contribution in [0.4, 0.5) is 14.6 Å². The first kappa shape index (κ1) is 9.50. The number of hydrogen-bond donors (Lipinski definition) is 2. The lowest BCUT2D eigenvalue weighted by atomic mass is 10.3. The van der Waals surface area contributed by atoms with Crippen LogP contribution >= 0.6 is 0 Å². The third-order valence-electron chi connectivity index (χ3n) is 1.45. The van der Waals surface area contributed by atoms with E-state index in [-0.39, 0.29) is 11.6 Å². The van der Waals surface area contributed by atoms with Gasteiger partial charge in [-0.3, -0.25) is 0 Å². The first-order chi connectivity index (χ1) is 6.06. The van der Waals surface area contributed by atoms with Crippen LogP contribution in [0, 0.1) is 0 Å². The van der Waals surface area contributed by atoms with Gasteiger partial charge in [0.2, 0.25) is 5.75 Å². The fraction of sp³-hybridized carbons (Fsp3) is 0.286. The van der Waals surface area contributed by atoms with Crippen LogP contribution in [0.5, 0.6) is 11.5 Å². The highest BCUT2D eigenvalue weighted by atomic mass is 19.3. The fourth-order valence-electron chi connectivity index (χ4n) is 0.821. The third-order valence-corrected chi connectivity index (χ3v) is 1.45. The third kappa shape index (κ3) is 1.77. The number of alkyl halides is 2. The van der Waals surface area contributed by atoms with E-state index in [1.807, 2.05) is 0 Å². The number of anilines is 1. The normalized spacial score (nSPS) is 10.5. The lowest BCUT2D eigenvalue weighted by Crippen LogP contribution is -1.99. The molecule has 1 rings (SSSR count). The molecule has 1 aromatic heterocycles. The molecular formula is C7H8F2N2O2. The molecule has 0 aliphatic rings. The molecule has 0 atom stereocenters. The van der Waals surface area contributed by atoms with Crippen LogP contribution in [0.1, 0.15) is 12.1 Å². The zero-order valence-corrected chi connectivity index (χ0v) is 6.79. The Morgan fingerprint density at radius 3 is 2.69 bits per heavy atom. The van der Waals surface area contributed by atoms with Crippen LogP contribution in [0.15, 0.2) is 6.07 Å². The molecule has 0 radical (unpaired) electrons. The number of aromatic hydroxyl groups is 1. The highest BCUT2D eigenvalue weighted by Crippen LogP contribution is 2.33. The van der Waals surface area contributed by atoms with Crippen molar-refractivity contribution in [3.63, 3.8) is 0 Å². The lowest BCUT2D eigenvalue weighted by Gasteiger charge is -2.07. The summed E-state index contributed by atoms with van der Waals surface area (Å²) in [6.45, 7) is 0. The van der Waals surface area contributed by atoms with Gasteiger partial charge in [-0.1, -0.05) is 0 Å². The minimum atomic E-state index is -2.74. The van der Waals surface area contributed by atoms with Crippen molar-refractivity contribution in [3.8, 4) is 11.5 Å². The van der Waals surface area contributed by atoms with E-state index >= 15 is 0 Å². The number of methoxy groups -OCH3 is 1. The Morgan fingerprint density at radius 1 is 1.62 bits per heavy atom. The van der Waals surface area contributed by atoms with Crippen molar-refractivity contribution >= 4 is 5.82 Å². The molecule has 0 aliphatic heterocycles. The Labute approximate surface area is 73.0 Å². The predicted molar refractivity (Wildman–Crippen MR) is 41.8 cm³/mol. The number of halogens is 2. The monoisotopic (exact) mass is 190 g/mol. The maximum atomic E-state index is 12.1. The minimum Gasteiger partial charge on any atom is -0.502 e. The quantitative estimate of drug-likeness (QED) is 0.737. The zero-order chi connectivity index (χ0) is 10.0. The van der Waals surface area contributed by atoms with Crippen LogP contribution in [0.2, 0.25) is 0 Å². The second-order valence-electron chi connectivity index (χ2n) is 2.28.